The Morgan fingerprint density at radius 2 is 1.95 bits per heavy atom. The molecule has 0 aliphatic carbocycles. The van der Waals surface area contributed by atoms with Crippen LogP contribution in [0.3, 0.4) is 0 Å². The Morgan fingerprint density at radius 1 is 1.29 bits per heavy atom. The number of ketones is 1. The second-order valence-electron chi connectivity index (χ2n) is 5.14. The zero-order chi connectivity index (χ0) is 16.3. The van der Waals surface area contributed by atoms with Crippen LogP contribution in [0.25, 0.3) is 0 Å². The molecule has 0 spiro atoms. The molecule has 0 aromatic rings. The van der Waals surface area contributed by atoms with Crippen molar-refractivity contribution in [3.05, 3.63) is 12.2 Å². The third kappa shape index (κ3) is 9.64. The van der Waals surface area contributed by atoms with E-state index in [-0.39, 0.29) is 24.2 Å². The van der Waals surface area contributed by atoms with Gasteiger partial charge in [0, 0.05) is 0 Å². The predicted molar refractivity (Wildman–Crippen MR) is 84.4 cm³/mol. The van der Waals surface area contributed by atoms with Crippen LogP contribution in [0.15, 0.2) is 12.2 Å². The molecule has 1 N–H and O–H groups in total. The van der Waals surface area contributed by atoms with E-state index in [4.69, 9.17) is 16.3 Å². The van der Waals surface area contributed by atoms with Gasteiger partial charge >= 0.3 is 5.97 Å². The highest BCUT2D eigenvalue weighted by Crippen LogP contribution is 2.20. The van der Waals surface area contributed by atoms with Crippen molar-refractivity contribution in [1.29, 1.82) is 0 Å². The number of hydrogen-bond acceptors (Lipinski definition) is 4. The molecular weight excluding hydrogens is 292 g/mol. The third-order valence-electron chi connectivity index (χ3n) is 3.15. The van der Waals surface area contributed by atoms with Crippen molar-refractivity contribution in [3.8, 4) is 0 Å². The van der Waals surface area contributed by atoms with Gasteiger partial charge in [-0.2, -0.15) is 0 Å². The van der Waals surface area contributed by atoms with Gasteiger partial charge in [-0.3, -0.25) is 9.59 Å². The van der Waals surface area contributed by atoms with Crippen LogP contribution >= 0.6 is 11.6 Å². The molecule has 122 valence electrons. The van der Waals surface area contributed by atoms with Gasteiger partial charge in [-0.15, -0.1) is 11.6 Å². The van der Waals surface area contributed by atoms with Crippen LogP contribution in [0.4, 0.5) is 0 Å². The molecular formula is C16H27ClO4. The van der Waals surface area contributed by atoms with E-state index in [1.54, 1.807) is 6.92 Å². The Hall–Kier alpha value is -0.870. The number of alkyl halides is 1. The maximum absolute atomic E-state index is 11.8. The molecule has 0 radical (unpaired) electrons. The van der Waals surface area contributed by atoms with Crippen LogP contribution in [0.2, 0.25) is 0 Å². The number of aliphatic hydroxyl groups is 1. The summed E-state index contributed by atoms with van der Waals surface area (Å²) in [6.07, 6.45) is 6.01. The molecule has 0 bridgehead atoms. The fraction of sp³-hybridized carbons (Fsp3) is 0.750. The van der Waals surface area contributed by atoms with Crippen molar-refractivity contribution in [2.75, 3.05) is 6.61 Å². The van der Waals surface area contributed by atoms with Crippen molar-refractivity contribution in [3.63, 3.8) is 0 Å². The molecule has 0 amide bonds. The largest absolute Gasteiger partial charge is 0.466 e. The van der Waals surface area contributed by atoms with Crippen molar-refractivity contribution in [2.24, 2.45) is 5.92 Å². The van der Waals surface area contributed by atoms with E-state index in [1.165, 1.54) is 19.1 Å². The van der Waals surface area contributed by atoms with Crippen LogP contribution in [0.5, 0.6) is 0 Å². The Labute approximate surface area is 132 Å². The second kappa shape index (κ2) is 11.8. The summed E-state index contributed by atoms with van der Waals surface area (Å²) in [5.41, 5.74) is 0. The first-order valence-electron chi connectivity index (χ1n) is 7.59. The molecule has 0 rings (SSSR count). The van der Waals surface area contributed by atoms with E-state index >= 15 is 0 Å². The topological polar surface area (TPSA) is 63.6 Å². The molecule has 0 fully saturated rings. The normalized spacial score (nSPS) is 15.7. The van der Waals surface area contributed by atoms with Crippen molar-refractivity contribution in [1.82, 2.24) is 0 Å². The van der Waals surface area contributed by atoms with Gasteiger partial charge in [0.2, 0.25) is 0 Å². The van der Waals surface area contributed by atoms with Crippen LogP contribution in [0, 0.1) is 5.92 Å². The molecule has 21 heavy (non-hydrogen) atoms. The summed E-state index contributed by atoms with van der Waals surface area (Å²) in [6.45, 7) is 5.49. The number of carbonyl (C=O) groups excluding carboxylic acids is 2. The molecule has 0 heterocycles. The number of rotatable bonds is 11. The predicted octanol–water partition coefficient (Wildman–Crippen LogP) is 3.25. The molecule has 0 aliphatic rings. The Bertz CT molecular complexity index is 341. The Balaban J connectivity index is 4.56. The van der Waals surface area contributed by atoms with Gasteiger partial charge in [0.15, 0.2) is 5.78 Å². The van der Waals surface area contributed by atoms with Crippen LogP contribution in [-0.2, 0) is 14.3 Å². The van der Waals surface area contributed by atoms with Gasteiger partial charge in [0.1, 0.15) is 0 Å². The molecule has 5 heteroatoms. The van der Waals surface area contributed by atoms with E-state index in [9.17, 15) is 14.7 Å². The van der Waals surface area contributed by atoms with E-state index in [2.05, 4.69) is 6.92 Å². The summed E-state index contributed by atoms with van der Waals surface area (Å²) in [6, 6.07) is 0. The quantitative estimate of drug-likeness (QED) is 0.275. The first-order valence-corrected chi connectivity index (χ1v) is 8.03. The fourth-order valence-electron chi connectivity index (χ4n) is 1.94. The van der Waals surface area contributed by atoms with Crippen molar-refractivity contribution in [2.45, 2.75) is 64.4 Å². The molecule has 4 nitrogen and oxygen atoms in total. The average molecular weight is 319 g/mol. The van der Waals surface area contributed by atoms with Gasteiger partial charge in [0.25, 0.3) is 0 Å². The highest BCUT2D eigenvalue weighted by atomic mass is 35.5. The number of carbonyl (C=O) groups is 2. The summed E-state index contributed by atoms with van der Waals surface area (Å²) in [5.74, 6) is -1.23. The van der Waals surface area contributed by atoms with Gasteiger partial charge in [-0.25, -0.2) is 0 Å². The number of unbranched alkanes of at least 4 members (excludes halogenated alkanes) is 2. The maximum atomic E-state index is 11.8. The lowest BCUT2D eigenvalue weighted by Crippen LogP contribution is -2.28. The zero-order valence-corrected chi connectivity index (χ0v) is 13.9. The van der Waals surface area contributed by atoms with Crippen LogP contribution in [0.1, 0.15) is 52.9 Å². The SMILES string of the molecule is CCCCCC(Cl)C(O)CC(/C=C\C(C)=O)C(=O)OCC. The highest BCUT2D eigenvalue weighted by Gasteiger charge is 2.25. The summed E-state index contributed by atoms with van der Waals surface area (Å²) in [5, 5.41) is 9.72. The summed E-state index contributed by atoms with van der Waals surface area (Å²) < 4.78 is 4.96. The lowest BCUT2D eigenvalue weighted by atomic mass is 9.96. The van der Waals surface area contributed by atoms with Crippen molar-refractivity contribution >= 4 is 23.4 Å². The lowest BCUT2D eigenvalue weighted by Gasteiger charge is -2.20. The molecule has 3 unspecified atom stereocenters. The highest BCUT2D eigenvalue weighted by molar-refractivity contribution is 6.21. The van der Waals surface area contributed by atoms with Crippen molar-refractivity contribution < 1.29 is 19.4 Å². The standard InChI is InChI=1S/C16H27ClO4/c1-4-6-7-8-14(17)15(19)11-13(10-9-12(3)18)16(20)21-5-2/h9-10,13-15,19H,4-8,11H2,1-3H3/b10-9-. The molecule has 0 saturated carbocycles. The van der Waals surface area contributed by atoms with Crippen LogP contribution < -0.4 is 0 Å². The summed E-state index contributed by atoms with van der Waals surface area (Å²) in [4.78, 5) is 22.8. The smallest absolute Gasteiger partial charge is 0.312 e. The monoisotopic (exact) mass is 318 g/mol. The summed E-state index contributed by atoms with van der Waals surface area (Å²) in [7, 11) is 0. The van der Waals surface area contributed by atoms with Gasteiger partial charge < -0.3 is 9.84 Å². The minimum absolute atomic E-state index is 0.149. The average Bonchev–Trinajstić information content (AvgIpc) is 2.43. The van der Waals surface area contributed by atoms with Crippen LogP contribution in [-0.4, -0.2) is 34.9 Å². The third-order valence-corrected chi connectivity index (χ3v) is 3.66. The van der Waals surface area contributed by atoms with E-state index in [0.717, 1.165) is 19.3 Å². The lowest BCUT2D eigenvalue weighted by molar-refractivity contribution is -0.147. The van der Waals surface area contributed by atoms with Gasteiger partial charge in [0.05, 0.1) is 24.0 Å². The molecule has 0 aliphatic heterocycles. The second-order valence-corrected chi connectivity index (χ2v) is 5.70. The molecule has 0 saturated heterocycles. The summed E-state index contributed by atoms with van der Waals surface area (Å²) >= 11 is 6.16. The first-order chi connectivity index (χ1) is 9.92. The van der Waals surface area contributed by atoms with E-state index in [0.29, 0.717) is 6.42 Å². The number of allylic oxidation sites excluding steroid dienone is 1. The minimum atomic E-state index is -0.797. The fourth-order valence-corrected chi connectivity index (χ4v) is 2.20. The number of halogens is 1. The van der Waals surface area contributed by atoms with Gasteiger partial charge in [-0.1, -0.05) is 32.3 Å². The maximum Gasteiger partial charge on any atom is 0.312 e. The van der Waals surface area contributed by atoms with E-state index in [1.807, 2.05) is 0 Å². The van der Waals surface area contributed by atoms with E-state index < -0.39 is 18.0 Å². The Morgan fingerprint density at radius 3 is 2.48 bits per heavy atom. The Kier molecular flexibility index (Phi) is 11.3. The minimum Gasteiger partial charge on any atom is -0.466 e. The molecule has 0 aromatic carbocycles. The number of hydrogen-bond donors (Lipinski definition) is 1. The molecule has 3 atom stereocenters. The number of ether oxygens (including phenoxy) is 1. The zero-order valence-electron chi connectivity index (χ0n) is 13.2. The number of aliphatic hydroxyl groups excluding tert-OH is 1. The molecule has 0 aromatic heterocycles. The van der Waals surface area contributed by atoms with Gasteiger partial charge in [-0.05, 0) is 32.8 Å². The number of esters is 1. The first kappa shape index (κ1) is 20.1.